The van der Waals surface area contributed by atoms with Gasteiger partial charge in [-0.15, -0.1) is 5.10 Å². The van der Waals surface area contributed by atoms with Crippen molar-refractivity contribution < 1.29 is 4.74 Å². The number of hydrogen-bond donors (Lipinski definition) is 2. The van der Waals surface area contributed by atoms with E-state index in [1.165, 1.54) is 0 Å². The first-order chi connectivity index (χ1) is 6.22. The van der Waals surface area contributed by atoms with Crippen LogP contribution in [0.2, 0.25) is 0 Å². The van der Waals surface area contributed by atoms with Crippen LogP contribution in [0, 0.1) is 6.92 Å². The molecule has 0 saturated carbocycles. The Balaban J connectivity index is 2.31. The first-order valence-corrected chi connectivity index (χ1v) is 4.61. The molecule has 3 N–H and O–H groups in total. The van der Waals surface area contributed by atoms with Crippen LogP contribution in [0.15, 0.2) is 6.07 Å². The molecule has 0 fully saturated rings. The molecule has 1 rings (SSSR count). The number of aromatic amines is 1. The van der Waals surface area contributed by atoms with Crippen molar-refractivity contribution in [1.82, 2.24) is 10.2 Å². The molecule has 1 atom stereocenters. The van der Waals surface area contributed by atoms with Gasteiger partial charge in [0, 0.05) is 11.8 Å². The highest BCUT2D eigenvalue weighted by molar-refractivity contribution is 5.12. The summed E-state index contributed by atoms with van der Waals surface area (Å²) in [6.07, 6.45) is 2.15. The minimum Gasteiger partial charge on any atom is -0.474 e. The van der Waals surface area contributed by atoms with Gasteiger partial charge in [0.2, 0.25) is 5.88 Å². The van der Waals surface area contributed by atoms with E-state index in [2.05, 4.69) is 10.2 Å². The van der Waals surface area contributed by atoms with Crippen molar-refractivity contribution in [2.24, 2.45) is 5.73 Å². The van der Waals surface area contributed by atoms with E-state index in [0.29, 0.717) is 12.4 Å². The summed E-state index contributed by atoms with van der Waals surface area (Å²) in [7, 11) is 0. The van der Waals surface area contributed by atoms with Crippen LogP contribution in [0.4, 0.5) is 0 Å². The molecule has 1 heterocycles. The Hall–Kier alpha value is -1.03. The third-order valence-electron chi connectivity index (χ3n) is 1.82. The zero-order chi connectivity index (χ0) is 9.68. The summed E-state index contributed by atoms with van der Waals surface area (Å²) < 4.78 is 5.54. The van der Waals surface area contributed by atoms with E-state index in [9.17, 15) is 0 Å². The van der Waals surface area contributed by atoms with Crippen molar-refractivity contribution in [2.45, 2.75) is 32.8 Å². The van der Waals surface area contributed by atoms with E-state index in [1.54, 1.807) is 0 Å². The molecule has 0 bridgehead atoms. The fraction of sp³-hybridized carbons (Fsp3) is 0.667. The van der Waals surface area contributed by atoms with Crippen LogP contribution in [0.3, 0.4) is 0 Å². The topological polar surface area (TPSA) is 63.9 Å². The standard InChI is InChI=1S/C9H17N3O/c1-7-6-9(12-11-7)13-8(2)4-3-5-10/h6,8H,3-5,10H2,1-2H3,(H,11,12). The second-order valence-electron chi connectivity index (χ2n) is 3.25. The van der Waals surface area contributed by atoms with Gasteiger partial charge in [-0.2, -0.15) is 0 Å². The van der Waals surface area contributed by atoms with Crippen molar-refractivity contribution >= 4 is 0 Å². The predicted molar refractivity (Wildman–Crippen MR) is 51.7 cm³/mol. The number of hydrogen-bond acceptors (Lipinski definition) is 3. The number of nitrogens with one attached hydrogen (secondary N) is 1. The lowest BCUT2D eigenvalue weighted by atomic mass is 10.2. The van der Waals surface area contributed by atoms with Crippen molar-refractivity contribution in [3.8, 4) is 5.88 Å². The Morgan fingerprint density at radius 2 is 2.46 bits per heavy atom. The lowest BCUT2D eigenvalue weighted by Crippen LogP contribution is -2.14. The number of nitrogens with zero attached hydrogens (tertiary/aromatic N) is 1. The highest BCUT2D eigenvalue weighted by Gasteiger charge is 2.05. The summed E-state index contributed by atoms with van der Waals surface area (Å²) in [6.45, 7) is 4.69. The van der Waals surface area contributed by atoms with Crippen LogP contribution in [0.5, 0.6) is 5.88 Å². The molecule has 0 spiro atoms. The molecule has 74 valence electrons. The third kappa shape index (κ3) is 3.46. The summed E-state index contributed by atoms with van der Waals surface area (Å²) >= 11 is 0. The normalized spacial score (nSPS) is 12.8. The Kier molecular flexibility index (Phi) is 3.76. The summed E-state index contributed by atoms with van der Waals surface area (Å²) in [4.78, 5) is 0. The highest BCUT2D eigenvalue weighted by atomic mass is 16.5. The summed E-state index contributed by atoms with van der Waals surface area (Å²) in [5.74, 6) is 0.669. The van der Waals surface area contributed by atoms with E-state index in [0.717, 1.165) is 18.5 Å². The molecule has 0 amide bonds. The SMILES string of the molecule is Cc1cc(OC(C)CCCN)n[nH]1. The van der Waals surface area contributed by atoms with E-state index < -0.39 is 0 Å². The third-order valence-corrected chi connectivity index (χ3v) is 1.82. The molecule has 0 aliphatic heterocycles. The quantitative estimate of drug-likeness (QED) is 0.721. The van der Waals surface area contributed by atoms with Crippen LogP contribution >= 0.6 is 0 Å². The molecule has 0 aliphatic rings. The maximum atomic E-state index is 5.54. The van der Waals surface area contributed by atoms with Gasteiger partial charge < -0.3 is 10.5 Å². The van der Waals surface area contributed by atoms with Crippen molar-refractivity contribution in [1.29, 1.82) is 0 Å². The molecule has 0 aliphatic carbocycles. The van der Waals surface area contributed by atoms with Crippen LogP contribution in [0.25, 0.3) is 0 Å². The van der Waals surface area contributed by atoms with Crippen molar-refractivity contribution in [3.05, 3.63) is 11.8 Å². The molecule has 4 nitrogen and oxygen atoms in total. The van der Waals surface area contributed by atoms with E-state index >= 15 is 0 Å². The highest BCUT2D eigenvalue weighted by Crippen LogP contribution is 2.11. The van der Waals surface area contributed by atoms with Crippen molar-refractivity contribution in [2.75, 3.05) is 6.54 Å². The second-order valence-corrected chi connectivity index (χ2v) is 3.25. The monoisotopic (exact) mass is 183 g/mol. The molecule has 0 aromatic carbocycles. The summed E-state index contributed by atoms with van der Waals surface area (Å²) in [5.41, 5.74) is 6.41. The first kappa shape index (κ1) is 10.1. The zero-order valence-electron chi connectivity index (χ0n) is 8.21. The summed E-state index contributed by atoms with van der Waals surface area (Å²) in [6, 6.07) is 1.89. The van der Waals surface area contributed by atoms with E-state index in [4.69, 9.17) is 10.5 Å². The molecule has 1 aromatic heterocycles. The Labute approximate surface area is 78.5 Å². The maximum Gasteiger partial charge on any atom is 0.232 e. The van der Waals surface area contributed by atoms with Gasteiger partial charge in [0.25, 0.3) is 0 Å². The van der Waals surface area contributed by atoms with Crippen LogP contribution in [-0.2, 0) is 0 Å². The van der Waals surface area contributed by atoms with Gasteiger partial charge in [0.05, 0.1) is 6.10 Å². The van der Waals surface area contributed by atoms with E-state index in [-0.39, 0.29) is 6.10 Å². The second kappa shape index (κ2) is 4.87. The predicted octanol–water partition coefficient (Wildman–Crippen LogP) is 1.22. The molecule has 0 saturated heterocycles. The molecule has 13 heavy (non-hydrogen) atoms. The first-order valence-electron chi connectivity index (χ1n) is 4.61. The Morgan fingerprint density at radius 1 is 1.69 bits per heavy atom. The number of H-pyrrole nitrogens is 1. The number of nitrogens with two attached hydrogens (primary N) is 1. The van der Waals surface area contributed by atoms with E-state index in [1.807, 2.05) is 19.9 Å². The smallest absolute Gasteiger partial charge is 0.232 e. The molecule has 4 heteroatoms. The van der Waals surface area contributed by atoms with Gasteiger partial charge in [0.1, 0.15) is 0 Å². The molecule has 0 radical (unpaired) electrons. The fourth-order valence-corrected chi connectivity index (χ4v) is 1.12. The van der Waals surface area contributed by atoms with Gasteiger partial charge in [-0.3, -0.25) is 5.10 Å². The average molecular weight is 183 g/mol. The van der Waals surface area contributed by atoms with Gasteiger partial charge in [-0.25, -0.2) is 0 Å². The zero-order valence-corrected chi connectivity index (χ0v) is 8.21. The maximum absolute atomic E-state index is 5.54. The molecular formula is C9H17N3O. The van der Waals surface area contributed by atoms with Crippen LogP contribution < -0.4 is 10.5 Å². The average Bonchev–Trinajstić information content (AvgIpc) is 2.48. The largest absolute Gasteiger partial charge is 0.474 e. The molecule has 1 unspecified atom stereocenters. The number of ether oxygens (including phenoxy) is 1. The number of aromatic nitrogens is 2. The minimum absolute atomic E-state index is 0.186. The van der Waals surface area contributed by atoms with Gasteiger partial charge in [-0.1, -0.05) is 0 Å². The number of rotatable bonds is 5. The van der Waals surface area contributed by atoms with Gasteiger partial charge >= 0.3 is 0 Å². The van der Waals surface area contributed by atoms with Crippen molar-refractivity contribution in [3.63, 3.8) is 0 Å². The Morgan fingerprint density at radius 3 is 3.00 bits per heavy atom. The van der Waals surface area contributed by atoms with Gasteiger partial charge in [0.15, 0.2) is 0 Å². The fourth-order valence-electron chi connectivity index (χ4n) is 1.12. The van der Waals surface area contributed by atoms with Crippen LogP contribution in [0.1, 0.15) is 25.5 Å². The minimum atomic E-state index is 0.186. The van der Waals surface area contributed by atoms with Crippen LogP contribution in [-0.4, -0.2) is 22.8 Å². The molecular weight excluding hydrogens is 166 g/mol. The molecule has 1 aromatic rings. The van der Waals surface area contributed by atoms with Gasteiger partial charge in [-0.05, 0) is 33.2 Å². The summed E-state index contributed by atoms with van der Waals surface area (Å²) in [5, 5.41) is 6.82. The number of aryl methyl sites for hydroxylation is 1. The lowest BCUT2D eigenvalue weighted by molar-refractivity contribution is 0.200. The lowest BCUT2D eigenvalue weighted by Gasteiger charge is -2.10. The Bertz CT molecular complexity index is 247.